The predicted octanol–water partition coefficient (Wildman–Crippen LogP) is 4.07. The Balaban J connectivity index is 1.46. The molecule has 2 aromatic carbocycles. The first-order chi connectivity index (χ1) is 17.9. The average molecular weight is 546 g/mol. The van der Waals surface area contributed by atoms with Gasteiger partial charge in [-0.2, -0.15) is 4.31 Å². The van der Waals surface area contributed by atoms with E-state index in [0.29, 0.717) is 43.5 Å². The Morgan fingerprint density at radius 1 is 1.16 bits per heavy atom. The van der Waals surface area contributed by atoms with Gasteiger partial charge in [-0.3, -0.25) is 9.69 Å². The number of sulfonamides is 1. The van der Waals surface area contributed by atoms with E-state index in [1.807, 2.05) is 25.1 Å². The normalized spacial score (nSPS) is 20.4. The first-order valence-electron chi connectivity index (χ1n) is 12.5. The van der Waals surface area contributed by atoms with Crippen molar-refractivity contribution in [3.8, 4) is 11.5 Å². The maximum absolute atomic E-state index is 14.1. The fourth-order valence-corrected chi connectivity index (χ4v) is 7.52. The summed E-state index contributed by atoms with van der Waals surface area (Å²) in [5.41, 5.74) is 0.766. The van der Waals surface area contributed by atoms with Gasteiger partial charge in [-0.15, -0.1) is 0 Å². The van der Waals surface area contributed by atoms with Crippen LogP contribution in [0.3, 0.4) is 0 Å². The van der Waals surface area contributed by atoms with Crippen molar-refractivity contribution in [3.05, 3.63) is 42.5 Å². The van der Waals surface area contributed by atoms with Gasteiger partial charge in [0, 0.05) is 13.2 Å². The largest absolute Gasteiger partial charge is 0.497 e. The van der Waals surface area contributed by atoms with E-state index in [1.54, 1.807) is 17.0 Å². The van der Waals surface area contributed by atoms with Gasteiger partial charge >= 0.3 is 0 Å². The van der Waals surface area contributed by atoms with Crippen LogP contribution >= 0.6 is 11.3 Å². The number of ether oxygens (including phenoxy) is 3. The van der Waals surface area contributed by atoms with E-state index in [9.17, 15) is 13.2 Å². The zero-order chi connectivity index (χ0) is 26.0. The maximum atomic E-state index is 14.1. The highest BCUT2D eigenvalue weighted by atomic mass is 32.2. The van der Waals surface area contributed by atoms with Crippen molar-refractivity contribution in [3.63, 3.8) is 0 Å². The van der Waals surface area contributed by atoms with Gasteiger partial charge in [-0.05, 0) is 75.1 Å². The van der Waals surface area contributed by atoms with Crippen LogP contribution < -0.4 is 14.4 Å². The number of anilines is 1. The van der Waals surface area contributed by atoms with E-state index >= 15 is 0 Å². The third-order valence-electron chi connectivity index (χ3n) is 6.72. The Morgan fingerprint density at radius 2 is 1.95 bits per heavy atom. The van der Waals surface area contributed by atoms with E-state index < -0.39 is 16.1 Å². The molecule has 0 spiro atoms. The Bertz CT molecular complexity index is 1350. The number of hydrogen-bond acceptors (Lipinski definition) is 8. The molecule has 2 unspecified atom stereocenters. The van der Waals surface area contributed by atoms with Gasteiger partial charge in [-0.1, -0.05) is 11.3 Å². The predicted molar refractivity (Wildman–Crippen MR) is 142 cm³/mol. The zero-order valence-electron chi connectivity index (χ0n) is 21.0. The highest BCUT2D eigenvalue weighted by Crippen LogP contribution is 2.35. The minimum Gasteiger partial charge on any atom is -0.497 e. The van der Waals surface area contributed by atoms with Crippen molar-refractivity contribution < 1.29 is 27.4 Å². The molecule has 1 amide bonds. The number of hydrogen-bond donors (Lipinski definition) is 0. The van der Waals surface area contributed by atoms with Crippen LogP contribution in [0.2, 0.25) is 0 Å². The Kier molecular flexibility index (Phi) is 7.66. The second-order valence-corrected chi connectivity index (χ2v) is 12.0. The van der Waals surface area contributed by atoms with Crippen LogP contribution in [0.4, 0.5) is 5.13 Å². The minimum atomic E-state index is -3.87. The smallest absolute Gasteiger partial charge is 0.247 e. The number of amides is 1. The van der Waals surface area contributed by atoms with E-state index in [-0.39, 0.29) is 23.5 Å². The number of fused-ring (bicyclic) bond motifs is 1. The van der Waals surface area contributed by atoms with E-state index in [1.165, 1.54) is 34.9 Å². The summed E-state index contributed by atoms with van der Waals surface area (Å²) in [5, 5.41) is 0.540. The molecule has 2 fully saturated rings. The van der Waals surface area contributed by atoms with Crippen LogP contribution in [0.25, 0.3) is 10.2 Å². The number of nitrogens with zero attached hydrogens (tertiary/aromatic N) is 3. The molecule has 11 heteroatoms. The summed E-state index contributed by atoms with van der Waals surface area (Å²) in [6.45, 7) is 3.77. The lowest BCUT2D eigenvalue weighted by Crippen LogP contribution is -2.49. The number of carbonyl (C=O) groups is 1. The van der Waals surface area contributed by atoms with Crippen LogP contribution in [-0.2, 0) is 19.6 Å². The van der Waals surface area contributed by atoms with Crippen molar-refractivity contribution in [2.45, 2.75) is 49.6 Å². The minimum absolute atomic E-state index is 0.108. The maximum Gasteiger partial charge on any atom is 0.247 e. The molecule has 0 bridgehead atoms. The second kappa shape index (κ2) is 10.9. The molecule has 9 nitrogen and oxygen atoms in total. The first kappa shape index (κ1) is 25.9. The lowest BCUT2D eigenvalue weighted by atomic mass is 10.2. The third-order valence-corrected chi connectivity index (χ3v) is 9.69. The number of aromatic nitrogens is 1. The summed E-state index contributed by atoms with van der Waals surface area (Å²) in [6, 6.07) is 11.1. The van der Waals surface area contributed by atoms with Gasteiger partial charge < -0.3 is 14.2 Å². The fraction of sp³-hybridized carbons (Fsp3) is 0.462. The van der Waals surface area contributed by atoms with Gasteiger partial charge in [0.05, 0.1) is 41.5 Å². The number of benzene rings is 2. The van der Waals surface area contributed by atoms with Gasteiger partial charge in [0.25, 0.3) is 0 Å². The Labute approximate surface area is 221 Å². The molecule has 37 heavy (non-hydrogen) atoms. The van der Waals surface area contributed by atoms with Crippen molar-refractivity contribution in [2.75, 3.05) is 38.3 Å². The summed E-state index contributed by atoms with van der Waals surface area (Å²) >= 11 is 1.40. The summed E-state index contributed by atoms with van der Waals surface area (Å²) in [7, 11) is -2.34. The molecular formula is C26H31N3O6S2. The summed E-state index contributed by atoms with van der Waals surface area (Å²) in [5.74, 6) is 1.04. The molecule has 1 aromatic heterocycles. The number of methoxy groups -OCH3 is 1. The molecule has 2 aliphatic rings. The molecular weight excluding hydrogens is 514 g/mol. The first-order valence-corrected chi connectivity index (χ1v) is 14.8. The average Bonchev–Trinajstić information content (AvgIpc) is 3.68. The lowest BCUT2D eigenvalue weighted by Gasteiger charge is -2.29. The summed E-state index contributed by atoms with van der Waals surface area (Å²) in [4.78, 5) is 20.6. The highest BCUT2D eigenvalue weighted by Gasteiger charge is 2.42. The van der Waals surface area contributed by atoms with Gasteiger partial charge in [0.1, 0.15) is 17.5 Å². The molecule has 5 rings (SSSR count). The number of thiazole rings is 1. The van der Waals surface area contributed by atoms with Crippen molar-refractivity contribution in [2.24, 2.45) is 0 Å². The van der Waals surface area contributed by atoms with E-state index in [0.717, 1.165) is 28.8 Å². The monoisotopic (exact) mass is 545 g/mol. The van der Waals surface area contributed by atoms with Crippen LogP contribution in [0.5, 0.6) is 11.5 Å². The Hall–Kier alpha value is -2.73. The van der Waals surface area contributed by atoms with Crippen LogP contribution in [0.15, 0.2) is 47.4 Å². The molecule has 0 N–H and O–H groups in total. The topological polar surface area (TPSA) is 98.3 Å². The molecule has 198 valence electrons. The summed E-state index contributed by atoms with van der Waals surface area (Å²) in [6.07, 6.45) is 2.74. The molecule has 2 saturated heterocycles. The highest BCUT2D eigenvalue weighted by molar-refractivity contribution is 7.89. The van der Waals surface area contributed by atoms with Crippen LogP contribution in [0, 0.1) is 0 Å². The van der Waals surface area contributed by atoms with Crippen molar-refractivity contribution >= 4 is 42.6 Å². The number of carbonyl (C=O) groups excluding carboxylic acids is 1. The zero-order valence-corrected chi connectivity index (χ0v) is 22.6. The Morgan fingerprint density at radius 3 is 2.65 bits per heavy atom. The molecule has 2 atom stereocenters. The lowest BCUT2D eigenvalue weighted by molar-refractivity contribution is -0.122. The molecule has 0 saturated carbocycles. The van der Waals surface area contributed by atoms with Crippen LogP contribution in [-0.4, -0.2) is 69.2 Å². The van der Waals surface area contributed by atoms with Crippen LogP contribution in [0.1, 0.15) is 32.6 Å². The SMILES string of the molecule is CCOc1ccc2nc(N(CC3CCCO3)C(=O)C3CCCN3S(=O)(=O)c3ccc(OC)cc3)sc2c1. The van der Waals surface area contributed by atoms with Gasteiger partial charge in [-0.25, -0.2) is 13.4 Å². The number of rotatable bonds is 9. The molecule has 2 aliphatic heterocycles. The van der Waals surface area contributed by atoms with E-state index in [4.69, 9.17) is 19.2 Å². The van der Waals surface area contributed by atoms with Gasteiger partial charge in [0.2, 0.25) is 15.9 Å². The summed E-state index contributed by atoms with van der Waals surface area (Å²) < 4.78 is 46.0. The quantitative estimate of drug-likeness (QED) is 0.400. The molecule has 3 aromatic rings. The van der Waals surface area contributed by atoms with Gasteiger partial charge in [0.15, 0.2) is 5.13 Å². The fourth-order valence-electron chi connectivity index (χ4n) is 4.86. The molecule has 0 radical (unpaired) electrons. The van der Waals surface area contributed by atoms with Crippen molar-refractivity contribution in [1.82, 2.24) is 9.29 Å². The van der Waals surface area contributed by atoms with Crippen molar-refractivity contribution in [1.29, 1.82) is 0 Å². The second-order valence-electron chi connectivity index (χ2n) is 9.09. The standard InChI is InChI=1S/C26H31N3O6S2/c1-3-34-19-10-13-22-24(16-19)36-26(27-22)28(17-20-6-5-15-35-20)25(30)23-7-4-14-29(23)37(31,32)21-11-8-18(33-2)9-12-21/h8-13,16,20,23H,3-7,14-15,17H2,1-2H3. The molecule has 3 heterocycles. The third kappa shape index (κ3) is 5.31. The molecule has 0 aliphatic carbocycles. The van der Waals surface area contributed by atoms with E-state index in [2.05, 4.69) is 0 Å².